The largest absolute Gasteiger partial charge is 0.492 e. The van der Waals surface area contributed by atoms with E-state index in [0.29, 0.717) is 18.9 Å². The van der Waals surface area contributed by atoms with Crippen LogP contribution in [-0.2, 0) is 4.79 Å². The van der Waals surface area contributed by atoms with Crippen molar-refractivity contribution in [2.45, 2.75) is 0 Å². The number of nitrogens with one attached hydrogen (secondary N) is 2. The molecule has 0 fully saturated rings. The van der Waals surface area contributed by atoms with Gasteiger partial charge in [0.05, 0.1) is 18.0 Å². The summed E-state index contributed by atoms with van der Waals surface area (Å²) >= 11 is 0. The maximum atomic E-state index is 11.9. The lowest BCUT2D eigenvalue weighted by atomic mass is 10.2. The van der Waals surface area contributed by atoms with Crippen LogP contribution in [0.3, 0.4) is 0 Å². The first kappa shape index (κ1) is 17.9. The van der Waals surface area contributed by atoms with Gasteiger partial charge < -0.3 is 15.4 Å². The highest BCUT2D eigenvalue weighted by atomic mass is 16.6. The van der Waals surface area contributed by atoms with Gasteiger partial charge in [0.2, 0.25) is 5.91 Å². The van der Waals surface area contributed by atoms with E-state index in [0.717, 1.165) is 6.07 Å². The third-order valence-electron chi connectivity index (χ3n) is 3.16. The Hall–Kier alpha value is -3.42. The number of para-hydroxylation sites is 1. The first-order valence-electron chi connectivity index (χ1n) is 7.53. The van der Waals surface area contributed by atoms with E-state index in [4.69, 9.17) is 4.74 Å². The molecule has 0 aromatic heterocycles. The van der Waals surface area contributed by atoms with Gasteiger partial charge >= 0.3 is 0 Å². The van der Waals surface area contributed by atoms with E-state index in [-0.39, 0.29) is 23.7 Å². The second-order valence-electron chi connectivity index (χ2n) is 5.00. The highest BCUT2D eigenvalue weighted by Gasteiger charge is 2.12. The summed E-state index contributed by atoms with van der Waals surface area (Å²) in [5.41, 5.74) is -0.0652. The molecule has 0 unspecified atom stereocenters. The van der Waals surface area contributed by atoms with Gasteiger partial charge in [0, 0.05) is 17.7 Å². The quantitative estimate of drug-likeness (QED) is 0.429. The molecule has 0 aliphatic rings. The van der Waals surface area contributed by atoms with Crippen LogP contribution in [0.4, 0.5) is 5.69 Å². The maximum Gasteiger partial charge on any atom is 0.270 e. The molecule has 2 rings (SSSR count). The van der Waals surface area contributed by atoms with E-state index in [1.54, 1.807) is 12.1 Å². The number of benzene rings is 2. The maximum absolute atomic E-state index is 11.9. The molecular formula is C17H17N3O5. The van der Waals surface area contributed by atoms with Gasteiger partial charge in [0.25, 0.3) is 11.6 Å². The second kappa shape index (κ2) is 9.02. The van der Waals surface area contributed by atoms with Crippen molar-refractivity contribution < 1.29 is 19.2 Å². The number of carbonyl (C=O) groups is 2. The van der Waals surface area contributed by atoms with Gasteiger partial charge in [-0.15, -0.1) is 0 Å². The van der Waals surface area contributed by atoms with E-state index < -0.39 is 10.8 Å². The predicted molar refractivity (Wildman–Crippen MR) is 90.4 cm³/mol. The van der Waals surface area contributed by atoms with Gasteiger partial charge in [0.15, 0.2) is 0 Å². The second-order valence-corrected chi connectivity index (χ2v) is 5.00. The zero-order chi connectivity index (χ0) is 18.1. The molecule has 8 heteroatoms. The molecule has 0 aliphatic heterocycles. The van der Waals surface area contributed by atoms with E-state index in [1.165, 1.54) is 18.2 Å². The fourth-order valence-electron chi connectivity index (χ4n) is 1.96. The molecule has 0 radical (unpaired) electrons. The standard InChI is InChI=1S/C17H17N3O5/c21-16(18-9-10-25-15-7-2-1-3-8-15)12-19-17(22)13-5-4-6-14(11-13)20(23)24/h1-8,11H,9-10,12H2,(H,18,21)(H,19,22). The monoisotopic (exact) mass is 343 g/mol. The summed E-state index contributed by atoms with van der Waals surface area (Å²) in [5, 5.41) is 15.7. The lowest BCUT2D eigenvalue weighted by Gasteiger charge is -2.08. The number of nitro benzene ring substituents is 1. The topological polar surface area (TPSA) is 111 Å². The molecule has 2 amide bonds. The first-order valence-corrected chi connectivity index (χ1v) is 7.53. The normalized spacial score (nSPS) is 9.92. The Kier molecular flexibility index (Phi) is 6.47. The molecule has 0 atom stereocenters. The SMILES string of the molecule is O=C(CNC(=O)c1cccc([N+](=O)[O-])c1)NCCOc1ccccc1. The van der Waals surface area contributed by atoms with Crippen molar-refractivity contribution in [2.75, 3.05) is 19.7 Å². The number of nitrogens with zero attached hydrogens (tertiary/aromatic N) is 1. The molecule has 2 N–H and O–H groups in total. The van der Waals surface area contributed by atoms with Crippen molar-refractivity contribution in [3.8, 4) is 5.75 Å². The highest BCUT2D eigenvalue weighted by Crippen LogP contribution is 2.12. The minimum absolute atomic E-state index is 0.120. The molecule has 0 spiro atoms. The minimum atomic E-state index is -0.587. The van der Waals surface area contributed by atoms with Gasteiger partial charge in [-0.2, -0.15) is 0 Å². The molecule has 8 nitrogen and oxygen atoms in total. The van der Waals surface area contributed by atoms with Crippen molar-refractivity contribution in [1.82, 2.24) is 10.6 Å². The number of carbonyl (C=O) groups excluding carboxylic acids is 2. The third kappa shape index (κ3) is 5.94. The first-order chi connectivity index (χ1) is 12.1. The predicted octanol–water partition coefficient (Wildman–Crippen LogP) is 1.52. The average molecular weight is 343 g/mol. The van der Waals surface area contributed by atoms with Crippen molar-refractivity contribution in [3.63, 3.8) is 0 Å². The number of amides is 2. The summed E-state index contributed by atoms with van der Waals surface area (Å²) in [6, 6.07) is 14.5. The van der Waals surface area contributed by atoms with Crippen LogP contribution >= 0.6 is 0 Å². The number of nitro groups is 1. The number of ether oxygens (including phenoxy) is 1. The number of non-ortho nitro benzene ring substituents is 1. The summed E-state index contributed by atoms with van der Waals surface area (Å²) in [5.74, 6) is -0.231. The van der Waals surface area contributed by atoms with Crippen LogP contribution in [0.25, 0.3) is 0 Å². The van der Waals surface area contributed by atoms with Crippen LogP contribution in [-0.4, -0.2) is 36.4 Å². The Morgan fingerprint density at radius 2 is 1.80 bits per heavy atom. The Morgan fingerprint density at radius 3 is 2.52 bits per heavy atom. The summed E-state index contributed by atoms with van der Waals surface area (Å²) in [6.07, 6.45) is 0. The van der Waals surface area contributed by atoms with Crippen molar-refractivity contribution >= 4 is 17.5 Å². The highest BCUT2D eigenvalue weighted by molar-refractivity contribution is 5.96. The molecule has 130 valence electrons. The molecular weight excluding hydrogens is 326 g/mol. The Morgan fingerprint density at radius 1 is 1.04 bits per heavy atom. The third-order valence-corrected chi connectivity index (χ3v) is 3.16. The molecule has 0 bridgehead atoms. The minimum Gasteiger partial charge on any atom is -0.492 e. The Balaban J connectivity index is 1.70. The van der Waals surface area contributed by atoms with E-state index in [1.807, 2.05) is 18.2 Å². The van der Waals surface area contributed by atoms with Crippen LogP contribution < -0.4 is 15.4 Å². The van der Waals surface area contributed by atoms with Gasteiger partial charge in [-0.05, 0) is 18.2 Å². The molecule has 2 aromatic carbocycles. The fourth-order valence-corrected chi connectivity index (χ4v) is 1.96. The van der Waals surface area contributed by atoms with Crippen LogP contribution in [0.1, 0.15) is 10.4 Å². The molecule has 2 aromatic rings. The Bertz CT molecular complexity index is 749. The zero-order valence-electron chi connectivity index (χ0n) is 13.3. The smallest absolute Gasteiger partial charge is 0.270 e. The van der Waals surface area contributed by atoms with Crippen LogP contribution in [0, 0.1) is 10.1 Å². The zero-order valence-corrected chi connectivity index (χ0v) is 13.3. The van der Waals surface area contributed by atoms with Gasteiger partial charge in [-0.25, -0.2) is 0 Å². The lowest BCUT2D eigenvalue weighted by Crippen LogP contribution is -2.38. The summed E-state index contributed by atoms with van der Waals surface area (Å²) in [6.45, 7) is 0.363. The fraction of sp³-hybridized carbons (Fsp3) is 0.176. The Labute approximate surface area is 144 Å². The lowest BCUT2D eigenvalue weighted by molar-refractivity contribution is -0.384. The van der Waals surface area contributed by atoms with Crippen molar-refractivity contribution in [1.29, 1.82) is 0 Å². The van der Waals surface area contributed by atoms with Crippen molar-refractivity contribution in [2.24, 2.45) is 0 Å². The number of rotatable bonds is 8. The van der Waals surface area contributed by atoms with Crippen LogP contribution in [0.15, 0.2) is 54.6 Å². The van der Waals surface area contributed by atoms with E-state index >= 15 is 0 Å². The molecule has 0 saturated heterocycles. The van der Waals surface area contributed by atoms with Gasteiger partial charge in [-0.3, -0.25) is 19.7 Å². The van der Waals surface area contributed by atoms with Crippen LogP contribution in [0.2, 0.25) is 0 Å². The summed E-state index contributed by atoms with van der Waals surface area (Å²) in [7, 11) is 0. The van der Waals surface area contributed by atoms with Crippen LogP contribution in [0.5, 0.6) is 5.75 Å². The molecule has 0 saturated carbocycles. The van der Waals surface area contributed by atoms with Gasteiger partial charge in [-0.1, -0.05) is 24.3 Å². The molecule has 25 heavy (non-hydrogen) atoms. The number of hydrogen-bond donors (Lipinski definition) is 2. The average Bonchev–Trinajstić information content (AvgIpc) is 2.64. The van der Waals surface area contributed by atoms with E-state index in [9.17, 15) is 19.7 Å². The molecule has 0 heterocycles. The summed E-state index contributed by atoms with van der Waals surface area (Å²) in [4.78, 5) is 33.7. The van der Waals surface area contributed by atoms with Gasteiger partial charge in [0.1, 0.15) is 12.4 Å². The molecule has 0 aliphatic carbocycles. The summed E-state index contributed by atoms with van der Waals surface area (Å²) < 4.78 is 5.42. The number of hydrogen-bond acceptors (Lipinski definition) is 5. The van der Waals surface area contributed by atoms with Crippen molar-refractivity contribution in [3.05, 3.63) is 70.3 Å². The van der Waals surface area contributed by atoms with E-state index in [2.05, 4.69) is 10.6 Å².